The van der Waals surface area contributed by atoms with Crippen LogP contribution < -0.4 is 5.32 Å². The van der Waals surface area contributed by atoms with E-state index in [0.717, 1.165) is 16.7 Å². The van der Waals surface area contributed by atoms with Crippen molar-refractivity contribution in [1.29, 1.82) is 0 Å². The number of para-hydroxylation sites is 1. The number of amides is 1. The van der Waals surface area contributed by atoms with E-state index in [-0.39, 0.29) is 19.0 Å². The molecule has 0 atom stereocenters. The average molecular weight is 399 g/mol. The number of carbonyl (C=O) groups excluding carboxylic acids is 1. The van der Waals surface area contributed by atoms with E-state index in [2.05, 4.69) is 20.7 Å². The van der Waals surface area contributed by atoms with Crippen LogP contribution in [0, 0.1) is 12.7 Å². The zero-order valence-electron chi connectivity index (χ0n) is 14.9. The number of benzene rings is 2. The Morgan fingerprint density at radius 3 is 2.82 bits per heavy atom. The number of fused-ring (bicyclic) bond motifs is 1. The Bertz CT molecular complexity index is 1150. The molecule has 0 spiro atoms. The van der Waals surface area contributed by atoms with Crippen LogP contribution in [0.4, 0.5) is 10.2 Å². The Labute approximate surface area is 164 Å². The summed E-state index contributed by atoms with van der Waals surface area (Å²) in [6, 6.07) is 13.6. The lowest BCUT2D eigenvalue weighted by atomic mass is 10.2. The number of aromatic nitrogens is 5. The first-order chi connectivity index (χ1) is 13.5. The van der Waals surface area contributed by atoms with Crippen LogP contribution in [-0.4, -0.2) is 30.7 Å². The smallest absolute Gasteiger partial charge is 0.247 e. The van der Waals surface area contributed by atoms with Gasteiger partial charge in [0.05, 0.1) is 12.1 Å². The van der Waals surface area contributed by atoms with E-state index >= 15 is 0 Å². The normalized spacial score (nSPS) is 11.1. The molecule has 2 aromatic heterocycles. The molecule has 0 radical (unpaired) electrons. The second-order valence-corrected chi connectivity index (χ2v) is 6.72. The molecule has 2 heterocycles. The van der Waals surface area contributed by atoms with E-state index in [1.165, 1.54) is 10.7 Å². The second kappa shape index (κ2) is 7.40. The topological polar surface area (TPSA) is 77.6 Å². The summed E-state index contributed by atoms with van der Waals surface area (Å²) in [4.78, 5) is 12.4. The lowest BCUT2D eigenvalue weighted by Crippen LogP contribution is -2.20. The van der Waals surface area contributed by atoms with Crippen LogP contribution >= 0.6 is 11.6 Å². The molecular formula is C19H16ClFN6O. The fourth-order valence-electron chi connectivity index (χ4n) is 2.92. The fraction of sp³-hybridized carbons (Fsp3) is 0.158. The number of aryl methyl sites for hydroxylation is 1. The SMILES string of the molecule is Cc1cc(NC(=O)Cn2nnc3ccccc32)nn1Cc1c(F)cccc1Cl. The molecule has 9 heteroatoms. The molecule has 0 unspecified atom stereocenters. The third kappa shape index (κ3) is 3.59. The van der Waals surface area contributed by atoms with Crippen molar-refractivity contribution in [3.8, 4) is 0 Å². The van der Waals surface area contributed by atoms with Gasteiger partial charge in [-0.15, -0.1) is 5.10 Å². The summed E-state index contributed by atoms with van der Waals surface area (Å²) in [5.74, 6) is -0.311. The number of nitrogens with one attached hydrogen (secondary N) is 1. The summed E-state index contributed by atoms with van der Waals surface area (Å²) in [5.41, 5.74) is 2.61. The van der Waals surface area contributed by atoms with Crippen LogP contribution in [0.2, 0.25) is 5.02 Å². The van der Waals surface area contributed by atoms with Crippen molar-refractivity contribution in [2.24, 2.45) is 0 Å². The van der Waals surface area contributed by atoms with E-state index in [1.54, 1.807) is 22.9 Å². The molecule has 0 aliphatic rings. The molecule has 28 heavy (non-hydrogen) atoms. The van der Waals surface area contributed by atoms with E-state index in [9.17, 15) is 9.18 Å². The highest BCUT2D eigenvalue weighted by Gasteiger charge is 2.14. The van der Waals surface area contributed by atoms with E-state index in [1.807, 2.05) is 31.2 Å². The molecule has 0 bridgehead atoms. The standard InChI is InChI=1S/C19H16ClFN6O/c1-12-9-18(24-26(12)10-13-14(20)5-4-6-15(13)21)22-19(28)11-27-17-8-3-2-7-16(17)23-25-27/h2-9H,10-11H2,1H3,(H,22,24,28). The minimum absolute atomic E-state index is 0.00552. The van der Waals surface area contributed by atoms with Crippen molar-refractivity contribution in [3.63, 3.8) is 0 Å². The lowest BCUT2D eigenvalue weighted by Gasteiger charge is -2.08. The Hall–Kier alpha value is -3.26. The maximum Gasteiger partial charge on any atom is 0.247 e. The first-order valence-electron chi connectivity index (χ1n) is 8.56. The van der Waals surface area contributed by atoms with Gasteiger partial charge < -0.3 is 5.32 Å². The molecule has 142 valence electrons. The summed E-state index contributed by atoms with van der Waals surface area (Å²) in [6.07, 6.45) is 0. The van der Waals surface area contributed by atoms with Gasteiger partial charge in [0.1, 0.15) is 17.9 Å². The van der Waals surface area contributed by atoms with Crippen molar-refractivity contribution in [2.75, 3.05) is 5.32 Å². The third-order valence-corrected chi connectivity index (χ3v) is 4.69. The molecule has 0 fully saturated rings. The van der Waals surface area contributed by atoms with Crippen LogP contribution in [0.1, 0.15) is 11.3 Å². The van der Waals surface area contributed by atoms with Crippen molar-refractivity contribution < 1.29 is 9.18 Å². The summed E-state index contributed by atoms with van der Waals surface area (Å²) in [5, 5.41) is 15.4. The van der Waals surface area contributed by atoms with Crippen molar-refractivity contribution in [1.82, 2.24) is 24.8 Å². The van der Waals surface area contributed by atoms with E-state index in [4.69, 9.17) is 11.6 Å². The third-order valence-electron chi connectivity index (χ3n) is 4.33. The summed E-state index contributed by atoms with van der Waals surface area (Å²) >= 11 is 6.08. The maximum absolute atomic E-state index is 14.0. The quantitative estimate of drug-likeness (QED) is 0.558. The monoisotopic (exact) mass is 398 g/mol. The molecule has 2 aromatic carbocycles. The van der Waals surface area contributed by atoms with E-state index < -0.39 is 5.82 Å². The van der Waals surface area contributed by atoms with Crippen molar-refractivity contribution in [3.05, 3.63) is 70.6 Å². The minimum atomic E-state index is -0.397. The molecule has 0 saturated carbocycles. The number of anilines is 1. The van der Waals surface area contributed by atoms with Gasteiger partial charge in [-0.1, -0.05) is 35.0 Å². The zero-order valence-corrected chi connectivity index (χ0v) is 15.7. The molecule has 0 saturated heterocycles. The van der Waals surface area contributed by atoms with Gasteiger partial charge >= 0.3 is 0 Å². The van der Waals surface area contributed by atoms with Gasteiger partial charge in [-0.2, -0.15) is 5.10 Å². The molecule has 4 rings (SSSR count). The van der Waals surface area contributed by atoms with Crippen LogP contribution in [0.15, 0.2) is 48.5 Å². The zero-order chi connectivity index (χ0) is 19.7. The van der Waals surface area contributed by atoms with Gasteiger partial charge in [0.25, 0.3) is 0 Å². The van der Waals surface area contributed by atoms with Gasteiger partial charge in [0, 0.05) is 22.3 Å². The average Bonchev–Trinajstić information content (AvgIpc) is 3.22. The number of nitrogens with zero attached hydrogens (tertiary/aromatic N) is 5. The highest BCUT2D eigenvalue weighted by atomic mass is 35.5. The van der Waals surface area contributed by atoms with Gasteiger partial charge in [-0.25, -0.2) is 9.07 Å². The van der Waals surface area contributed by atoms with Crippen molar-refractivity contribution >= 4 is 34.4 Å². The van der Waals surface area contributed by atoms with Crippen LogP contribution in [0.3, 0.4) is 0 Å². The Balaban J connectivity index is 1.48. The minimum Gasteiger partial charge on any atom is -0.308 e. The number of carbonyl (C=O) groups is 1. The molecule has 7 nitrogen and oxygen atoms in total. The first-order valence-corrected chi connectivity index (χ1v) is 8.94. The van der Waals surface area contributed by atoms with Crippen LogP contribution in [0.5, 0.6) is 0 Å². The number of hydrogen-bond acceptors (Lipinski definition) is 4. The van der Waals surface area contributed by atoms with E-state index in [0.29, 0.717) is 16.4 Å². The Morgan fingerprint density at radius 2 is 2.00 bits per heavy atom. The van der Waals surface area contributed by atoms with Crippen molar-refractivity contribution in [2.45, 2.75) is 20.0 Å². The molecule has 1 amide bonds. The number of halogens is 2. The predicted molar refractivity (Wildman–Crippen MR) is 104 cm³/mol. The predicted octanol–water partition coefficient (Wildman–Crippen LogP) is 3.42. The number of hydrogen-bond donors (Lipinski definition) is 1. The summed E-state index contributed by atoms with van der Waals surface area (Å²) < 4.78 is 17.1. The number of rotatable bonds is 5. The highest BCUT2D eigenvalue weighted by Crippen LogP contribution is 2.21. The maximum atomic E-state index is 14.0. The molecule has 0 aliphatic carbocycles. The fourth-order valence-corrected chi connectivity index (χ4v) is 3.14. The first kappa shape index (κ1) is 18.1. The summed E-state index contributed by atoms with van der Waals surface area (Å²) in [7, 11) is 0. The lowest BCUT2D eigenvalue weighted by molar-refractivity contribution is -0.116. The largest absolute Gasteiger partial charge is 0.308 e. The molecular weight excluding hydrogens is 383 g/mol. The van der Waals surface area contributed by atoms with Gasteiger partial charge in [-0.3, -0.25) is 9.48 Å². The summed E-state index contributed by atoms with van der Waals surface area (Å²) in [6.45, 7) is 1.99. The van der Waals surface area contributed by atoms with Gasteiger partial charge in [0.2, 0.25) is 5.91 Å². The second-order valence-electron chi connectivity index (χ2n) is 6.31. The van der Waals surface area contributed by atoms with Crippen LogP contribution in [0.25, 0.3) is 11.0 Å². The highest BCUT2D eigenvalue weighted by molar-refractivity contribution is 6.31. The Kier molecular flexibility index (Phi) is 4.79. The molecule has 4 aromatic rings. The van der Waals surface area contributed by atoms with Gasteiger partial charge in [-0.05, 0) is 31.2 Å². The molecule has 0 aliphatic heterocycles. The van der Waals surface area contributed by atoms with Crippen LogP contribution in [-0.2, 0) is 17.9 Å². The van der Waals surface area contributed by atoms with Gasteiger partial charge in [0.15, 0.2) is 5.82 Å². The Morgan fingerprint density at radius 1 is 1.18 bits per heavy atom. The molecule has 1 N–H and O–H groups in total.